The quantitative estimate of drug-likeness (QED) is 0.855. The van der Waals surface area contributed by atoms with Gasteiger partial charge >= 0.3 is 0 Å². The van der Waals surface area contributed by atoms with Crippen molar-refractivity contribution in [3.8, 4) is 17.6 Å². The van der Waals surface area contributed by atoms with Crippen molar-refractivity contribution in [2.45, 2.75) is 19.3 Å². The van der Waals surface area contributed by atoms with Gasteiger partial charge in [-0.2, -0.15) is 15.0 Å². The molecule has 1 amide bonds. The second-order valence-electron chi connectivity index (χ2n) is 5.56. The molecule has 0 aliphatic carbocycles. The fourth-order valence-corrected chi connectivity index (χ4v) is 2.90. The van der Waals surface area contributed by atoms with Gasteiger partial charge in [0.1, 0.15) is 11.1 Å². The number of ether oxygens (including phenoxy) is 1. The van der Waals surface area contributed by atoms with Gasteiger partial charge in [-0.3, -0.25) is 4.79 Å². The SMILES string of the molecule is N#Cc1nn(-c2ccccc2)c(OCC(=O)N2CCCCC2)c1Cl. The molecule has 0 saturated carbocycles. The van der Waals surface area contributed by atoms with Gasteiger partial charge in [0.25, 0.3) is 5.91 Å². The van der Waals surface area contributed by atoms with Gasteiger partial charge in [-0.05, 0) is 31.4 Å². The van der Waals surface area contributed by atoms with E-state index in [4.69, 9.17) is 21.6 Å². The van der Waals surface area contributed by atoms with Gasteiger partial charge in [-0.15, -0.1) is 0 Å². The van der Waals surface area contributed by atoms with Crippen LogP contribution in [0.5, 0.6) is 5.88 Å². The molecule has 2 aromatic rings. The number of piperidine rings is 1. The summed E-state index contributed by atoms with van der Waals surface area (Å²) >= 11 is 6.19. The van der Waals surface area contributed by atoms with Crippen molar-refractivity contribution >= 4 is 17.5 Å². The first-order valence-electron chi connectivity index (χ1n) is 7.85. The molecule has 1 aliphatic heterocycles. The molecule has 0 bridgehead atoms. The number of aromatic nitrogens is 2. The maximum Gasteiger partial charge on any atom is 0.260 e. The third kappa shape index (κ3) is 3.36. The molecule has 1 fully saturated rings. The molecule has 24 heavy (non-hydrogen) atoms. The van der Waals surface area contributed by atoms with Crippen molar-refractivity contribution in [2.24, 2.45) is 0 Å². The molecule has 0 spiro atoms. The molecule has 1 aromatic carbocycles. The molecule has 1 saturated heterocycles. The minimum Gasteiger partial charge on any atom is -0.466 e. The highest BCUT2D eigenvalue weighted by Crippen LogP contribution is 2.30. The minimum atomic E-state index is -0.122. The van der Waals surface area contributed by atoms with Gasteiger partial charge in [-0.1, -0.05) is 29.8 Å². The number of hydrogen-bond acceptors (Lipinski definition) is 4. The van der Waals surface area contributed by atoms with E-state index in [-0.39, 0.29) is 29.1 Å². The zero-order valence-corrected chi connectivity index (χ0v) is 13.9. The van der Waals surface area contributed by atoms with E-state index in [1.165, 1.54) is 4.68 Å². The van der Waals surface area contributed by atoms with E-state index in [0.717, 1.165) is 32.4 Å². The Labute approximate surface area is 145 Å². The third-order valence-corrected chi connectivity index (χ3v) is 4.28. The number of halogens is 1. The van der Waals surface area contributed by atoms with Crippen molar-refractivity contribution in [3.63, 3.8) is 0 Å². The number of carbonyl (C=O) groups excluding carboxylic acids is 1. The number of likely N-dealkylation sites (tertiary alicyclic amines) is 1. The minimum absolute atomic E-state index is 0.0703. The molecular weight excluding hydrogens is 328 g/mol. The Hall–Kier alpha value is -2.52. The van der Waals surface area contributed by atoms with Crippen LogP contribution in [-0.2, 0) is 4.79 Å². The predicted molar refractivity (Wildman–Crippen MR) is 89.2 cm³/mol. The monoisotopic (exact) mass is 344 g/mol. The van der Waals surface area contributed by atoms with E-state index in [9.17, 15) is 4.79 Å². The Bertz CT molecular complexity index is 761. The Morgan fingerprint density at radius 3 is 2.62 bits per heavy atom. The maximum atomic E-state index is 12.3. The fraction of sp³-hybridized carbons (Fsp3) is 0.353. The van der Waals surface area contributed by atoms with Gasteiger partial charge in [-0.25, -0.2) is 0 Å². The van der Waals surface area contributed by atoms with Crippen LogP contribution in [0, 0.1) is 11.3 Å². The molecule has 0 N–H and O–H groups in total. The van der Waals surface area contributed by atoms with E-state index in [0.29, 0.717) is 5.69 Å². The summed E-state index contributed by atoms with van der Waals surface area (Å²) in [7, 11) is 0. The number of benzene rings is 1. The topological polar surface area (TPSA) is 71.1 Å². The molecule has 0 atom stereocenters. The predicted octanol–water partition coefficient (Wildman–Crippen LogP) is 2.79. The summed E-state index contributed by atoms with van der Waals surface area (Å²) in [6, 6.07) is 11.2. The van der Waals surface area contributed by atoms with Crippen LogP contribution in [0.4, 0.5) is 0 Å². The smallest absolute Gasteiger partial charge is 0.260 e. The first kappa shape index (κ1) is 16.3. The van der Waals surface area contributed by atoms with Crippen LogP contribution < -0.4 is 4.74 Å². The van der Waals surface area contributed by atoms with Crippen molar-refractivity contribution in [3.05, 3.63) is 41.0 Å². The van der Waals surface area contributed by atoms with Crippen LogP contribution in [0.15, 0.2) is 30.3 Å². The Kier molecular flexibility index (Phi) is 5.02. The molecule has 6 nitrogen and oxygen atoms in total. The zero-order chi connectivity index (χ0) is 16.9. The summed E-state index contributed by atoms with van der Waals surface area (Å²) in [5.41, 5.74) is 0.780. The van der Waals surface area contributed by atoms with E-state index in [1.54, 1.807) is 4.90 Å². The van der Waals surface area contributed by atoms with E-state index in [1.807, 2.05) is 36.4 Å². The van der Waals surface area contributed by atoms with Crippen LogP contribution in [0.3, 0.4) is 0 Å². The normalized spacial score (nSPS) is 14.2. The molecule has 3 rings (SSSR count). The van der Waals surface area contributed by atoms with Crippen molar-refractivity contribution in [2.75, 3.05) is 19.7 Å². The number of hydrogen-bond donors (Lipinski definition) is 0. The second-order valence-corrected chi connectivity index (χ2v) is 5.93. The fourth-order valence-electron chi connectivity index (χ4n) is 2.69. The van der Waals surface area contributed by atoms with Crippen LogP contribution in [0.1, 0.15) is 25.0 Å². The molecule has 1 aromatic heterocycles. The lowest BCUT2D eigenvalue weighted by Crippen LogP contribution is -2.38. The maximum absolute atomic E-state index is 12.3. The average molecular weight is 345 g/mol. The molecule has 0 unspecified atom stereocenters. The highest BCUT2D eigenvalue weighted by Gasteiger charge is 2.22. The molecule has 7 heteroatoms. The average Bonchev–Trinajstić information content (AvgIpc) is 2.97. The number of carbonyl (C=O) groups is 1. The standard InChI is InChI=1S/C17H17ClN4O2/c18-16-14(11-19)20-22(13-7-3-1-4-8-13)17(16)24-12-15(23)21-9-5-2-6-10-21/h1,3-4,7-8H,2,5-6,9-10,12H2. The summed E-state index contributed by atoms with van der Waals surface area (Å²) in [4.78, 5) is 14.1. The highest BCUT2D eigenvalue weighted by atomic mass is 35.5. The van der Waals surface area contributed by atoms with Crippen LogP contribution in [0.2, 0.25) is 5.02 Å². The lowest BCUT2D eigenvalue weighted by Gasteiger charge is -2.26. The van der Waals surface area contributed by atoms with E-state index in [2.05, 4.69) is 5.10 Å². The lowest BCUT2D eigenvalue weighted by molar-refractivity contribution is -0.134. The van der Waals surface area contributed by atoms with Gasteiger partial charge < -0.3 is 9.64 Å². The lowest BCUT2D eigenvalue weighted by atomic mass is 10.1. The van der Waals surface area contributed by atoms with E-state index < -0.39 is 0 Å². The van der Waals surface area contributed by atoms with Crippen LogP contribution in [0.25, 0.3) is 5.69 Å². The van der Waals surface area contributed by atoms with Crippen LogP contribution in [-0.4, -0.2) is 40.3 Å². The molecule has 0 radical (unpaired) electrons. The molecule has 1 aliphatic rings. The largest absolute Gasteiger partial charge is 0.466 e. The zero-order valence-electron chi connectivity index (χ0n) is 13.1. The third-order valence-electron chi connectivity index (χ3n) is 3.94. The number of amides is 1. The molecule has 2 heterocycles. The molecular formula is C17H17ClN4O2. The van der Waals surface area contributed by atoms with Crippen LogP contribution >= 0.6 is 11.6 Å². The summed E-state index contributed by atoms with van der Waals surface area (Å²) in [6.45, 7) is 1.40. The summed E-state index contributed by atoms with van der Waals surface area (Å²) in [6.07, 6.45) is 3.20. The summed E-state index contributed by atoms with van der Waals surface area (Å²) in [5, 5.41) is 13.4. The van der Waals surface area contributed by atoms with Gasteiger partial charge in [0.2, 0.25) is 5.88 Å². The Morgan fingerprint density at radius 1 is 1.25 bits per heavy atom. The van der Waals surface area contributed by atoms with Crippen molar-refractivity contribution in [1.82, 2.24) is 14.7 Å². The summed E-state index contributed by atoms with van der Waals surface area (Å²) < 4.78 is 7.09. The number of nitriles is 1. The Balaban J connectivity index is 1.80. The number of nitrogens with zero attached hydrogens (tertiary/aromatic N) is 4. The number of rotatable bonds is 4. The van der Waals surface area contributed by atoms with Gasteiger partial charge in [0.05, 0.1) is 5.69 Å². The second kappa shape index (κ2) is 7.37. The molecule has 124 valence electrons. The summed E-state index contributed by atoms with van der Waals surface area (Å²) in [5.74, 6) is 0.134. The van der Waals surface area contributed by atoms with E-state index >= 15 is 0 Å². The highest BCUT2D eigenvalue weighted by molar-refractivity contribution is 6.33. The van der Waals surface area contributed by atoms with Crippen molar-refractivity contribution in [1.29, 1.82) is 5.26 Å². The van der Waals surface area contributed by atoms with Gasteiger partial charge in [0.15, 0.2) is 12.3 Å². The van der Waals surface area contributed by atoms with Gasteiger partial charge in [0, 0.05) is 13.1 Å². The van der Waals surface area contributed by atoms with Crippen molar-refractivity contribution < 1.29 is 9.53 Å². The Morgan fingerprint density at radius 2 is 1.96 bits per heavy atom. The first-order valence-corrected chi connectivity index (χ1v) is 8.23. The first-order chi connectivity index (χ1) is 11.7. The number of para-hydroxylation sites is 1.